The van der Waals surface area contributed by atoms with Gasteiger partial charge in [-0.15, -0.1) is 0 Å². The minimum absolute atomic E-state index is 0.152. The van der Waals surface area contributed by atoms with E-state index < -0.39 is 11.7 Å². The second-order valence-electron chi connectivity index (χ2n) is 5.27. The Kier molecular flexibility index (Phi) is 5.05. The molecule has 2 atom stereocenters. The molecule has 1 aromatic rings. The van der Waals surface area contributed by atoms with Crippen LogP contribution in [0.1, 0.15) is 24.0 Å². The molecule has 112 valence electrons. The van der Waals surface area contributed by atoms with Crippen molar-refractivity contribution in [2.75, 3.05) is 20.3 Å². The van der Waals surface area contributed by atoms with E-state index in [1.165, 1.54) is 12.1 Å². The lowest BCUT2D eigenvalue weighted by atomic mass is 9.89. The van der Waals surface area contributed by atoms with E-state index in [4.69, 9.17) is 4.74 Å². The normalized spacial score (nSPS) is 21.7. The van der Waals surface area contributed by atoms with Gasteiger partial charge in [0.15, 0.2) is 0 Å². The summed E-state index contributed by atoms with van der Waals surface area (Å²) in [6.45, 7) is 1.47. The Morgan fingerprint density at radius 1 is 1.40 bits per heavy atom. The lowest BCUT2D eigenvalue weighted by Crippen LogP contribution is -2.39. The van der Waals surface area contributed by atoms with Crippen LogP contribution in [-0.2, 0) is 17.3 Å². The average molecular weight is 287 g/mol. The number of alkyl halides is 3. The average Bonchev–Trinajstić information content (AvgIpc) is 2.45. The summed E-state index contributed by atoms with van der Waals surface area (Å²) in [7, 11) is 1.85. The fourth-order valence-corrected chi connectivity index (χ4v) is 2.72. The molecule has 5 heteroatoms. The molecule has 2 rings (SSSR count). The summed E-state index contributed by atoms with van der Waals surface area (Å²) >= 11 is 0. The van der Waals surface area contributed by atoms with E-state index in [2.05, 4.69) is 5.32 Å². The molecule has 0 aromatic heterocycles. The molecule has 0 amide bonds. The van der Waals surface area contributed by atoms with Crippen LogP contribution >= 0.6 is 0 Å². The Morgan fingerprint density at radius 2 is 2.20 bits per heavy atom. The van der Waals surface area contributed by atoms with Gasteiger partial charge in [-0.1, -0.05) is 18.2 Å². The van der Waals surface area contributed by atoms with Crippen LogP contribution in [0.4, 0.5) is 13.2 Å². The first-order valence-corrected chi connectivity index (χ1v) is 6.92. The van der Waals surface area contributed by atoms with Crippen molar-refractivity contribution in [3.05, 3.63) is 35.4 Å². The number of rotatable bonds is 4. The molecule has 0 aliphatic carbocycles. The maximum Gasteiger partial charge on any atom is 0.416 e. The van der Waals surface area contributed by atoms with E-state index in [0.717, 1.165) is 25.5 Å². The van der Waals surface area contributed by atoms with Crippen molar-refractivity contribution in [2.24, 2.45) is 5.92 Å². The quantitative estimate of drug-likeness (QED) is 0.917. The van der Waals surface area contributed by atoms with Crippen LogP contribution in [-0.4, -0.2) is 26.3 Å². The van der Waals surface area contributed by atoms with Crippen molar-refractivity contribution in [1.29, 1.82) is 0 Å². The van der Waals surface area contributed by atoms with E-state index in [1.807, 2.05) is 7.05 Å². The summed E-state index contributed by atoms with van der Waals surface area (Å²) in [4.78, 5) is 0. The zero-order valence-electron chi connectivity index (χ0n) is 11.5. The van der Waals surface area contributed by atoms with Gasteiger partial charge in [0, 0.05) is 12.6 Å². The second-order valence-corrected chi connectivity index (χ2v) is 5.27. The molecule has 1 saturated heterocycles. The van der Waals surface area contributed by atoms with E-state index >= 15 is 0 Å². The van der Waals surface area contributed by atoms with Gasteiger partial charge in [-0.05, 0) is 43.9 Å². The lowest BCUT2D eigenvalue weighted by Gasteiger charge is -2.30. The van der Waals surface area contributed by atoms with Crippen molar-refractivity contribution in [3.63, 3.8) is 0 Å². The third kappa shape index (κ3) is 3.96. The van der Waals surface area contributed by atoms with Crippen LogP contribution in [0.5, 0.6) is 0 Å². The highest BCUT2D eigenvalue weighted by atomic mass is 19.4. The van der Waals surface area contributed by atoms with Gasteiger partial charge < -0.3 is 10.1 Å². The van der Waals surface area contributed by atoms with Crippen molar-refractivity contribution in [3.8, 4) is 0 Å². The summed E-state index contributed by atoms with van der Waals surface area (Å²) in [5, 5.41) is 3.22. The van der Waals surface area contributed by atoms with E-state index in [0.29, 0.717) is 24.5 Å². The molecular weight excluding hydrogens is 267 g/mol. The predicted molar refractivity (Wildman–Crippen MR) is 71.5 cm³/mol. The Labute approximate surface area is 117 Å². The minimum Gasteiger partial charge on any atom is -0.381 e. The summed E-state index contributed by atoms with van der Waals surface area (Å²) in [5.74, 6) is 0.364. The molecule has 20 heavy (non-hydrogen) atoms. The maximum atomic E-state index is 12.7. The van der Waals surface area contributed by atoms with Gasteiger partial charge >= 0.3 is 6.18 Å². The van der Waals surface area contributed by atoms with Crippen LogP contribution in [0.2, 0.25) is 0 Å². The van der Waals surface area contributed by atoms with Crippen molar-refractivity contribution < 1.29 is 17.9 Å². The highest BCUT2D eigenvalue weighted by Crippen LogP contribution is 2.30. The molecular formula is C15H20F3NO. The standard InChI is InChI=1S/C15H20F3NO/c1-19-14(12-5-3-7-20-10-12)9-11-4-2-6-13(8-11)15(16,17)18/h2,4,6,8,12,14,19H,3,5,7,9-10H2,1H3. The van der Waals surface area contributed by atoms with Crippen molar-refractivity contribution in [1.82, 2.24) is 5.32 Å². The third-order valence-electron chi connectivity index (χ3n) is 3.85. The fraction of sp³-hybridized carbons (Fsp3) is 0.600. The molecule has 2 unspecified atom stereocenters. The molecule has 0 spiro atoms. The molecule has 1 aliphatic rings. The molecule has 1 heterocycles. The Morgan fingerprint density at radius 3 is 2.80 bits per heavy atom. The zero-order chi connectivity index (χ0) is 14.6. The SMILES string of the molecule is CNC(Cc1cccc(C(F)(F)F)c1)C1CCCOC1. The number of hydrogen-bond donors (Lipinski definition) is 1. The van der Waals surface area contributed by atoms with E-state index in [-0.39, 0.29) is 6.04 Å². The van der Waals surface area contributed by atoms with Crippen LogP contribution in [0.25, 0.3) is 0 Å². The highest BCUT2D eigenvalue weighted by molar-refractivity contribution is 5.26. The largest absolute Gasteiger partial charge is 0.416 e. The van der Waals surface area contributed by atoms with Crippen molar-refractivity contribution >= 4 is 0 Å². The van der Waals surface area contributed by atoms with Crippen LogP contribution in [0.3, 0.4) is 0 Å². The van der Waals surface area contributed by atoms with Crippen LogP contribution in [0.15, 0.2) is 24.3 Å². The molecule has 0 bridgehead atoms. The van der Waals surface area contributed by atoms with Gasteiger partial charge in [0.25, 0.3) is 0 Å². The van der Waals surface area contributed by atoms with Crippen LogP contribution < -0.4 is 5.32 Å². The number of benzene rings is 1. The molecule has 2 nitrogen and oxygen atoms in total. The first-order chi connectivity index (χ1) is 9.50. The maximum absolute atomic E-state index is 12.7. The third-order valence-corrected chi connectivity index (χ3v) is 3.85. The number of hydrogen-bond acceptors (Lipinski definition) is 2. The van der Waals surface area contributed by atoms with E-state index in [9.17, 15) is 13.2 Å². The number of halogens is 3. The minimum atomic E-state index is -4.28. The molecule has 1 N–H and O–H groups in total. The first kappa shape index (κ1) is 15.3. The van der Waals surface area contributed by atoms with Gasteiger partial charge in [0.2, 0.25) is 0 Å². The molecule has 0 saturated carbocycles. The highest BCUT2D eigenvalue weighted by Gasteiger charge is 2.31. The lowest BCUT2D eigenvalue weighted by molar-refractivity contribution is -0.137. The smallest absolute Gasteiger partial charge is 0.381 e. The Hall–Kier alpha value is -1.07. The van der Waals surface area contributed by atoms with Gasteiger partial charge in [-0.25, -0.2) is 0 Å². The summed E-state index contributed by atoms with van der Waals surface area (Å²) in [5.41, 5.74) is 0.134. The monoisotopic (exact) mass is 287 g/mol. The first-order valence-electron chi connectivity index (χ1n) is 6.92. The molecule has 1 aromatic carbocycles. The number of nitrogens with one attached hydrogen (secondary N) is 1. The van der Waals surface area contributed by atoms with E-state index in [1.54, 1.807) is 6.07 Å². The Balaban J connectivity index is 2.07. The van der Waals surface area contributed by atoms with Crippen molar-refractivity contribution in [2.45, 2.75) is 31.5 Å². The second kappa shape index (κ2) is 6.59. The Bertz CT molecular complexity index is 427. The molecule has 1 aliphatic heterocycles. The topological polar surface area (TPSA) is 21.3 Å². The number of likely N-dealkylation sites (N-methyl/N-ethyl adjacent to an activating group) is 1. The fourth-order valence-electron chi connectivity index (χ4n) is 2.72. The summed E-state index contributed by atoms with van der Waals surface area (Å²) in [6.07, 6.45) is -1.61. The zero-order valence-corrected chi connectivity index (χ0v) is 11.5. The molecule has 0 radical (unpaired) electrons. The summed E-state index contributed by atoms with van der Waals surface area (Å²) < 4.78 is 43.6. The molecule has 1 fully saturated rings. The summed E-state index contributed by atoms with van der Waals surface area (Å²) in [6, 6.07) is 5.74. The van der Waals surface area contributed by atoms with Crippen LogP contribution in [0, 0.1) is 5.92 Å². The van der Waals surface area contributed by atoms with Gasteiger partial charge in [0.1, 0.15) is 0 Å². The number of ether oxygens (including phenoxy) is 1. The van der Waals surface area contributed by atoms with Gasteiger partial charge in [0.05, 0.1) is 12.2 Å². The van der Waals surface area contributed by atoms with Gasteiger partial charge in [-0.2, -0.15) is 13.2 Å². The van der Waals surface area contributed by atoms with Gasteiger partial charge in [-0.3, -0.25) is 0 Å². The predicted octanol–water partition coefficient (Wildman–Crippen LogP) is 3.26.